The maximum Gasteiger partial charge on any atom is 0.246 e. The first kappa shape index (κ1) is 19.5. The molecule has 0 saturated heterocycles. The van der Waals surface area contributed by atoms with Crippen LogP contribution >= 0.6 is 58.0 Å². The van der Waals surface area contributed by atoms with E-state index in [-0.39, 0.29) is 23.1 Å². The van der Waals surface area contributed by atoms with Gasteiger partial charge in [0.05, 0.1) is 11.4 Å². The Labute approximate surface area is 164 Å². The van der Waals surface area contributed by atoms with E-state index in [0.717, 1.165) is 5.56 Å². The standard InChI is InChI=1S/C16H12Cl5NO2/c17-11-6-7-13(12(18)9-11)24-15(16(19,20)21)22-14(23)8-10-4-2-1-3-5-10/h1-7,9,15H,8H2,(H,22,23)/t15-/m0/s1. The van der Waals surface area contributed by atoms with Gasteiger partial charge in [-0.3, -0.25) is 4.79 Å². The van der Waals surface area contributed by atoms with Crippen molar-refractivity contribution in [3.05, 3.63) is 64.1 Å². The van der Waals surface area contributed by atoms with Gasteiger partial charge in [0.2, 0.25) is 15.9 Å². The van der Waals surface area contributed by atoms with Crippen LogP contribution in [0.1, 0.15) is 5.56 Å². The summed E-state index contributed by atoms with van der Waals surface area (Å²) in [4.78, 5) is 12.2. The van der Waals surface area contributed by atoms with Crippen LogP contribution in [0.15, 0.2) is 48.5 Å². The van der Waals surface area contributed by atoms with Gasteiger partial charge in [0.1, 0.15) is 5.75 Å². The van der Waals surface area contributed by atoms with Crippen molar-refractivity contribution in [1.29, 1.82) is 0 Å². The molecule has 0 spiro atoms. The highest BCUT2D eigenvalue weighted by molar-refractivity contribution is 6.68. The molecule has 0 unspecified atom stereocenters. The van der Waals surface area contributed by atoms with E-state index in [1.54, 1.807) is 6.07 Å². The van der Waals surface area contributed by atoms with Gasteiger partial charge in [0, 0.05) is 5.02 Å². The van der Waals surface area contributed by atoms with Crippen LogP contribution in [0.25, 0.3) is 0 Å². The third-order valence-electron chi connectivity index (χ3n) is 2.94. The van der Waals surface area contributed by atoms with Gasteiger partial charge in [-0.05, 0) is 23.8 Å². The zero-order valence-electron chi connectivity index (χ0n) is 12.1. The number of alkyl halides is 3. The lowest BCUT2D eigenvalue weighted by Gasteiger charge is -2.26. The van der Waals surface area contributed by atoms with Crippen molar-refractivity contribution in [2.24, 2.45) is 0 Å². The van der Waals surface area contributed by atoms with Crippen molar-refractivity contribution in [2.75, 3.05) is 0 Å². The summed E-state index contributed by atoms with van der Waals surface area (Å²) in [6.07, 6.45) is -1.10. The minimum atomic E-state index is -1.89. The van der Waals surface area contributed by atoms with Crippen LogP contribution in [0.2, 0.25) is 10.0 Å². The second kappa shape index (κ2) is 8.50. The maximum absolute atomic E-state index is 12.2. The van der Waals surface area contributed by atoms with E-state index in [1.165, 1.54) is 12.1 Å². The Morgan fingerprint density at radius 3 is 2.33 bits per heavy atom. The molecule has 0 fully saturated rings. The van der Waals surface area contributed by atoms with E-state index in [9.17, 15) is 4.79 Å². The maximum atomic E-state index is 12.2. The summed E-state index contributed by atoms with van der Waals surface area (Å²) in [5.74, 6) is -0.125. The molecule has 1 N–H and O–H groups in total. The summed E-state index contributed by atoms with van der Waals surface area (Å²) in [6, 6.07) is 13.7. The second-order valence-corrected chi connectivity index (χ2v) is 8.06. The molecule has 8 heteroatoms. The lowest BCUT2D eigenvalue weighted by Crippen LogP contribution is -2.48. The Morgan fingerprint density at radius 1 is 1.08 bits per heavy atom. The molecule has 3 nitrogen and oxygen atoms in total. The van der Waals surface area contributed by atoms with E-state index < -0.39 is 10.0 Å². The number of benzene rings is 2. The van der Waals surface area contributed by atoms with Crippen molar-refractivity contribution in [1.82, 2.24) is 5.32 Å². The molecule has 0 radical (unpaired) electrons. The summed E-state index contributed by atoms with van der Waals surface area (Å²) >= 11 is 29.6. The first-order valence-corrected chi connectivity index (χ1v) is 8.66. The molecule has 24 heavy (non-hydrogen) atoms. The summed E-state index contributed by atoms with van der Waals surface area (Å²) in [5, 5.41) is 3.22. The number of hydrogen-bond donors (Lipinski definition) is 1. The molecule has 0 aliphatic heterocycles. The molecule has 0 aliphatic carbocycles. The lowest BCUT2D eigenvalue weighted by atomic mass is 10.1. The summed E-state index contributed by atoms with van der Waals surface area (Å²) < 4.78 is 3.66. The minimum absolute atomic E-state index is 0.121. The Hall–Kier alpha value is -0.840. The number of ether oxygens (including phenoxy) is 1. The van der Waals surface area contributed by atoms with Crippen LogP contribution in [0.4, 0.5) is 0 Å². The minimum Gasteiger partial charge on any atom is -0.464 e. The molecule has 128 valence electrons. The van der Waals surface area contributed by atoms with Gasteiger partial charge in [-0.25, -0.2) is 0 Å². The lowest BCUT2D eigenvalue weighted by molar-refractivity contribution is -0.122. The van der Waals surface area contributed by atoms with Gasteiger partial charge >= 0.3 is 0 Å². The number of carbonyl (C=O) groups is 1. The molecule has 2 aromatic rings. The van der Waals surface area contributed by atoms with E-state index in [1.807, 2.05) is 30.3 Å². The highest BCUT2D eigenvalue weighted by Gasteiger charge is 2.36. The fourth-order valence-electron chi connectivity index (χ4n) is 1.85. The molecule has 0 heterocycles. The van der Waals surface area contributed by atoms with Crippen LogP contribution < -0.4 is 10.1 Å². The molecule has 2 aromatic carbocycles. The van der Waals surface area contributed by atoms with Gasteiger partial charge in [0.15, 0.2) is 0 Å². The molecule has 0 aromatic heterocycles. The summed E-state index contributed by atoms with van der Waals surface area (Å²) in [7, 11) is 0. The third-order valence-corrected chi connectivity index (χ3v) is 4.06. The Bertz CT molecular complexity index is 703. The highest BCUT2D eigenvalue weighted by Crippen LogP contribution is 2.35. The van der Waals surface area contributed by atoms with Crippen LogP contribution in [0.5, 0.6) is 5.75 Å². The number of nitrogens with one attached hydrogen (secondary N) is 1. The first-order valence-electron chi connectivity index (χ1n) is 6.77. The summed E-state index contributed by atoms with van der Waals surface area (Å²) in [5.41, 5.74) is 0.822. The second-order valence-electron chi connectivity index (χ2n) is 4.84. The zero-order chi connectivity index (χ0) is 17.7. The molecule has 0 aliphatic rings. The van der Waals surface area contributed by atoms with Gasteiger partial charge < -0.3 is 10.1 Å². The molecular formula is C16H12Cl5NO2. The average Bonchev–Trinajstić information content (AvgIpc) is 2.49. The Morgan fingerprint density at radius 2 is 1.75 bits per heavy atom. The predicted octanol–water partition coefficient (Wildman–Crippen LogP) is 5.43. The van der Waals surface area contributed by atoms with Crippen molar-refractivity contribution in [2.45, 2.75) is 16.4 Å². The quantitative estimate of drug-likeness (QED) is 0.511. The van der Waals surface area contributed by atoms with Gasteiger partial charge in [-0.1, -0.05) is 88.3 Å². The van der Waals surface area contributed by atoms with E-state index in [0.29, 0.717) is 5.02 Å². The first-order chi connectivity index (χ1) is 11.3. The van der Waals surface area contributed by atoms with Gasteiger partial charge in [-0.15, -0.1) is 0 Å². The smallest absolute Gasteiger partial charge is 0.246 e. The Kier molecular flexibility index (Phi) is 6.90. The molecule has 0 bridgehead atoms. The van der Waals surface area contributed by atoms with Crippen LogP contribution in [0, 0.1) is 0 Å². The normalized spacial score (nSPS) is 12.5. The van der Waals surface area contributed by atoms with Gasteiger partial charge in [0.25, 0.3) is 0 Å². The largest absolute Gasteiger partial charge is 0.464 e. The highest BCUT2D eigenvalue weighted by atomic mass is 35.6. The fraction of sp³-hybridized carbons (Fsp3) is 0.188. The van der Waals surface area contributed by atoms with Crippen molar-refractivity contribution < 1.29 is 9.53 Å². The fourth-order valence-corrected chi connectivity index (χ4v) is 2.60. The molecule has 1 amide bonds. The van der Waals surface area contributed by atoms with E-state index in [2.05, 4.69) is 5.32 Å². The average molecular weight is 428 g/mol. The monoisotopic (exact) mass is 425 g/mol. The molecular weight excluding hydrogens is 415 g/mol. The number of amides is 1. The number of carbonyl (C=O) groups excluding carboxylic acids is 1. The third kappa shape index (κ3) is 5.91. The van der Waals surface area contributed by atoms with Crippen LogP contribution in [-0.4, -0.2) is 15.9 Å². The SMILES string of the molecule is O=C(Cc1ccccc1)N[C@@H](Oc1ccc(Cl)cc1Cl)C(Cl)(Cl)Cl. The molecule has 1 atom stereocenters. The van der Waals surface area contributed by atoms with Crippen molar-refractivity contribution in [3.63, 3.8) is 0 Å². The topological polar surface area (TPSA) is 38.3 Å². The number of halogens is 5. The zero-order valence-corrected chi connectivity index (χ0v) is 15.9. The number of hydrogen-bond acceptors (Lipinski definition) is 2. The van der Waals surface area contributed by atoms with Crippen LogP contribution in [0.3, 0.4) is 0 Å². The van der Waals surface area contributed by atoms with Crippen LogP contribution in [-0.2, 0) is 11.2 Å². The van der Waals surface area contributed by atoms with Crippen molar-refractivity contribution in [3.8, 4) is 5.75 Å². The predicted molar refractivity (Wildman–Crippen MR) is 99.5 cm³/mol. The van der Waals surface area contributed by atoms with E-state index in [4.69, 9.17) is 62.7 Å². The number of rotatable bonds is 5. The van der Waals surface area contributed by atoms with E-state index >= 15 is 0 Å². The van der Waals surface area contributed by atoms with Gasteiger partial charge in [-0.2, -0.15) is 0 Å². The Balaban J connectivity index is 2.10. The van der Waals surface area contributed by atoms with Crippen molar-refractivity contribution >= 4 is 63.9 Å². The molecule has 0 saturated carbocycles. The summed E-state index contributed by atoms with van der Waals surface area (Å²) in [6.45, 7) is 0. The molecule has 2 rings (SSSR count).